The molecule has 0 amide bonds. The Kier molecular flexibility index (Phi) is 2.60. The number of benzene rings is 2. The topological polar surface area (TPSA) is 18.5 Å². The fourth-order valence-electron chi connectivity index (χ4n) is 1.89. The van der Waals surface area contributed by atoms with Crippen molar-refractivity contribution < 1.29 is 9.47 Å². The predicted molar refractivity (Wildman–Crippen MR) is 61.7 cm³/mol. The van der Waals surface area contributed by atoms with Gasteiger partial charge in [0.2, 0.25) is 0 Å². The zero-order valence-electron chi connectivity index (χ0n) is 8.85. The van der Waals surface area contributed by atoms with Gasteiger partial charge in [-0.1, -0.05) is 24.3 Å². The molecule has 0 saturated carbocycles. The summed E-state index contributed by atoms with van der Waals surface area (Å²) in [6, 6.07) is 15.3. The van der Waals surface area contributed by atoms with Crippen LogP contribution >= 0.6 is 0 Å². The van der Waals surface area contributed by atoms with E-state index in [2.05, 4.69) is 18.2 Å². The Hall–Kier alpha value is -1.38. The largest absolute Gasteiger partial charge is 0.348 e. The summed E-state index contributed by atoms with van der Waals surface area (Å²) in [5.74, 6) is 0. The summed E-state index contributed by atoms with van der Waals surface area (Å²) < 4.78 is 11.1. The van der Waals surface area contributed by atoms with E-state index in [1.807, 2.05) is 30.7 Å². The average Bonchev–Trinajstić information content (AvgIpc) is 2.39. The monoisotopic (exact) mass is 212 g/mol. The summed E-state index contributed by atoms with van der Waals surface area (Å²) in [6.07, 6.45) is 1.76. The molecule has 2 nitrogen and oxygen atoms in total. The SMILES string of the molecule is [c]1ccc2cc(C3OC[CH]CO3)ccc2c1. The van der Waals surface area contributed by atoms with E-state index in [0.717, 1.165) is 5.56 Å². The van der Waals surface area contributed by atoms with Crippen LogP contribution in [0.25, 0.3) is 10.8 Å². The van der Waals surface area contributed by atoms with Crippen LogP contribution in [0.5, 0.6) is 0 Å². The molecule has 0 bridgehead atoms. The number of fused-ring (bicyclic) bond motifs is 1. The molecular weight excluding hydrogens is 200 g/mol. The van der Waals surface area contributed by atoms with Gasteiger partial charge in [-0.25, -0.2) is 0 Å². The molecule has 0 N–H and O–H groups in total. The summed E-state index contributed by atoms with van der Waals surface area (Å²) in [5.41, 5.74) is 1.08. The van der Waals surface area contributed by atoms with Gasteiger partial charge >= 0.3 is 0 Å². The molecule has 1 heterocycles. The summed E-state index contributed by atoms with van der Waals surface area (Å²) in [6.45, 7) is 1.32. The van der Waals surface area contributed by atoms with Crippen LogP contribution in [-0.2, 0) is 9.47 Å². The Morgan fingerprint density at radius 1 is 1.06 bits per heavy atom. The number of rotatable bonds is 1. The smallest absolute Gasteiger partial charge is 0.183 e. The molecule has 2 aromatic carbocycles. The molecule has 1 saturated heterocycles. The van der Waals surface area contributed by atoms with Gasteiger partial charge in [0.05, 0.1) is 13.2 Å². The molecule has 2 heteroatoms. The van der Waals surface area contributed by atoms with Crippen molar-refractivity contribution in [2.24, 2.45) is 0 Å². The first-order chi connectivity index (χ1) is 7.93. The van der Waals surface area contributed by atoms with E-state index in [0.29, 0.717) is 13.2 Å². The molecule has 0 spiro atoms. The summed E-state index contributed by atoms with van der Waals surface area (Å²) in [7, 11) is 0. The van der Waals surface area contributed by atoms with Gasteiger partial charge in [-0.3, -0.25) is 0 Å². The molecule has 0 atom stereocenters. The molecule has 3 rings (SSSR count). The van der Waals surface area contributed by atoms with E-state index >= 15 is 0 Å². The zero-order valence-corrected chi connectivity index (χ0v) is 8.85. The minimum Gasteiger partial charge on any atom is -0.348 e. The predicted octanol–water partition coefficient (Wildman–Crippen LogP) is 2.89. The van der Waals surface area contributed by atoms with Crippen LogP contribution in [0.3, 0.4) is 0 Å². The van der Waals surface area contributed by atoms with E-state index in [-0.39, 0.29) is 6.29 Å². The van der Waals surface area contributed by atoms with Crippen molar-refractivity contribution in [2.45, 2.75) is 6.29 Å². The quantitative estimate of drug-likeness (QED) is 0.723. The lowest BCUT2D eigenvalue weighted by atomic mass is 10.1. The highest BCUT2D eigenvalue weighted by Gasteiger charge is 2.16. The van der Waals surface area contributed by atoms with Crippen molar-refractivity contribution in [2.75, 3.05) is 13.2 Å². The first kappa shape index (κ1) is 9.82. The maximum atomic E-state index is 5.53. The lowest BCUT2D eigenvalue weighted by molar-refractivity contribution is -0.163. The van der Waals surface area contributed by atoms with Crippen LogP contribution in [-0.4, -0.2) is 13.2 Å². The van der Waals surface area contributed by atoms with Gasteiger partial charge in [0, 0.05) is 12.0 Å². The van der Waals surface area contributed by atoms with Crippen molar-refractivity contribution in [3.63, 3.8) is 0 Å². The van der Waals surface area contributed by atoms with E-state index in [4.69, 9.17) is 9.47 Å². The van der Waals surface area contributed by atoms with Crippen LogP contribution in [0.15, 0.2) is 36.4 Å². The summed E-state index contributed by atoms with van der Waals surface area (Å²) in [4.78, 5) is 0. The molecule has 1 aliphatic rings. The van der Waals surface area contributed by atoms with Crippen LogP contribution < -0.4 is 0 Å². The van der Waals surface area contributed by atoms with Gasteiger partial charge in [0.1, 0.15) is 0 Å². The maximum Gasteiger partial charge on any atom is 0.183 e. The second kappa shape index (κ2) is 4.24. The Morgan fingerprint density at radius 2 is 1.94 bits per heavy atom. The normalized spacial score (nSPS) is 17.8. The Morgan fingerprint density at radius 3 is 2.81 bits per heavy atom. The third-order valence-electron chi connectivity index (χ3n) is 2.71. The minimum absolute atomic E-state index is 0.224. The van der Waals surface area contributed by atoms with Crippen molar-refractivity contribution in [3.8, 4) is 0 Å². The third-order valence-corrected chi connectivity index (χ3v) is 2.71. The molecule has 0 aromatic heterocycles. The number of ether oxygens (including phenoxy) is 2. The van der Waals surface area contributed by atoms with Gasteiger partial charge in [-0.15, -0.1) is 0 Å². The molecule has 0 unspecified atom stereocenters. The van der Waals surface area contributed by atoms with Gasteiger partial charge in [-0.05, 0) is 29.0 Å². The van der Waals surface area contributed by atoms with Crippen molar-refractivity contribution in [3.05, 3.63) is 54.4 Å². The van der Waals surface area contributed by atoms with E-state index < -0.39 is 0 Å². The summed E-state index contributed by atoms with van der Waals surface area (Å²) >= 11 is 0. The Labute approximate surface area is 94.8 Å². The van der Waals surface area contributed by atoms with Crippen molar-refractivity contribution in [1.29, 1.82) is 0 Å². The molecule has 1 aliphatic heterocycles. The van der Waals surface area contributed by atoms with Crippen LogP contribution in [0.4, 0.5) is 0 Å². The molecule has 1 fully saturated rings. The summed E-state index contributed by atoms with van der Waals surface area (Å²) in [5, 5.41) is 2.38. The highest BCUT2D eigenvalue weighted by Crippen LogP contribution is 2.25. The van der Waals surface area contributed by atoms with E-state index in [9.17, 15) is 0 Å². The fourth-order valence-corrected chi connectivity index (χ4v) is 1.89. The van der Waals surface area contributed by atoms with Gasteiger partial charge in [-0.2, -0.15) is 0 Å². The second-order valence-corrected chi connectivity index (χ2v) is 3.82. The Bertz CT molecular complexity index is 487. The zero-order chi connectivity index (χ0) is 10.8. The third kappa shape index (κ3) is 1.82. The minimum atomic E-state index is -0.224. The maximum absolute atomic E-state index is 5.53. The first-order valence-corrected chi connectivity index (χ1v) is 5.38. The van der Waals surface area contributed by atoms with Crippen molar-refractivity contribution >= 4 is 10.8 Å². The van der Waals surface area contributed by atoms with Gasteiger partial charge in [0.15, 0.2) is 6.29 Å². The molecule has 0 aliphatic carbocycles. The second-order valence-electron chi connectivity index (χ2n) is 3.82. The highest BCUT2D eigenvalue weighted by atomic mass is 16.7. The van der Waals surface area contributed by atoms with Crippen LogP contribution in [0, 0.1) is 12.5 Å². The lowest BCUT2D eigenvalue weighted by Crippen LogP contribution is -2.18. The number of hydrogen-bond acceptors (Lipinski definition) is 2. The van der Waals surface area contributed by atoms with Gasteiger partial charge in [0.25, 0.3) is 0 Å². The van der Waals surface area contributed by atoms with E-state index in [1.54, 1.807) is 0 Å². The molecule has 2 radical (unpaired) electrons. The average molecular weight is 212 g/mol. The van der Waals surface area contributed by atoms with E-state index in [1.165, 1.54) is 10.8 Å². The standard InChI is InChI=1S/C14H12O2/c1-2-5-12-10-13(7-6-11(12)4-1)14-15-8-3-9-16-14/h2-7,10,14H,8-9H2. The van der Waals surface area contributed by atoms with Crippen LogP contribution in [0.2, 0.25) is 0 Å². The van der Waals surface area contributed by atoms with Gasteiger partial charge < -0.3 is 9.47 Å². The highest BCUT2D eigenvalue weighted by molar-refractivity contribution is 5.82. The molecule has 2 aromatic rings. The first-order valence-electron chi connectivity index (χ1n) is 5.38. The molecule has 80 valence electrons. The lowest BCUT2D eigenvalue weighted by Gasteiger charge is -2.23. The van der Waals surface area contributed by atoms with Crippen molar-refractivity contribution in [1.82, 2.24) is 0 Å². The molecule has 16 heavy (non-hydrogen) atoms. The molecular formula is C14H12O2. The Balaban J connectivity index is 1.97. The number of hydrogen-bond donors (Lipinski definition) is 0. The van der Waals surface area contributed by atoms with Crippen LogP contribution in [0.1, 0.15) is 11.9 Å². The fraction of sp³-hybridized carbons (Fsp3) is 0.214.